The van der Waals surface area contributed by atoms with Crippen LogP contribution in [0.15, 0.2) is 83.3 Å². The van der Waals surface area contributed by atoms with E-state index in [1.54, 1.807) is 6.07 Å². The monoisotopic (exact) mass is 579 g/mol. The molecule has 4 nitrogen and oxygen atoms in total. The van der Waals surface area contributed by atoms with E-state index in [9.17, 15) is 10.5 Å². The minimum Gasteiger partial charge on any atom is -0.459 e. The van der Waals surface area contributed by atoms with E-state index in [1.807, 2.05) is 35.6 Å². The van der Waals surface area contributed by atoms with Crippen molar-refractivity contribution in [2.45, 2.75) is 19.3 Å². The number of allylic oxidation sites excluding steroid dienone is 2. The van der Waals surface area contributed by atoms with E-state index >= 15 is 0 Å². The van der Waals surface area contributed by atoms with Crippen molar-refractivity contribution in [1.82, 2.24) is 4.57 Å². The maximum Gasteiger partial charge on any atom is 0.135 e. The molecule has 3 aromatic heterocycles. The Labute approximate surface area is 257 Å². The minimum absolute atomic E-state index is 0.449. The van der Waals surface area contributed by atoms with Crippen molar-refractivity contribution in [2.24, 2.45) is 0 Å². The largest absolute Gasteiger partial charge is 0.459 e. The molecule has 0 amide bonds. The molecule has 0 atom stereocenters. The van der Waals surface area contributed by atoms with Crippen LogP contribution in [0.25, 0.3) is 65.5 Å². The Balaban J connectivity index is 1.40. The molecule has 0 aliphatic heterocycles. The third kappa shape index (κ3) is 3.44. The average Bonchev–Trinajstić information content (AvgIpc) is 3.67. The van der Waals surface area contributed by atoms with Gasteiger partial charge in [0.2, 0.25) is 0 Å². The first kappa shape index (κ1) is 24.8. The highest BCUT2D eigenvalue weighted by atomic mass is 32.1. The van der Waals surface area contributed by atoms with Crippen LogP contribution in [-0.2, 0) is 12.8 Å². The second-order valence-electron chi connectivity index (χ2n) is 11.2. The molecule has 0 fully saturated rings. The van der Waals surface area contributed by atoms with Gasteiger partial charge in [-0.25, -0.2) is 0 Å². The Hall–Kier alpha value is -5.80. The summed E-state index contributed by atoms with van der Waals surface area (Å²) in [5.41, 5.74) is 8.96. The second kappa shape index (κ2) is 9.35. The molecule has 0 unspecified atom stereocenters. The number of hydrogen-bond acceptors (Lipinski definition) is 4. The summed E-state index contributed by atoms with van der Waals surface area (Å²) in [6.45, 7) is 0. The number of aromatic nitrogens is 1. The van der Waals surface area contributed by atoms with Crippen LogP contribution in [0.1, 0.15) is 45.7 Å². The van der Waals surface area contributed by atoms with Crippen LogP contribution in [0, 0.1) is 34.5 Å². The second-order valence-corrected chi connectivity index (χ2v) is 12.3. The van der Waals surface area contributed by atoms with Crippen LogP contribution >= 0.6 is 11.3 Å². The lowest BCUT2D eigenvalue weighted by Crippen LogP contribution is -2.07. The Bertz CT molecular complexity index is 2610. The van der Waals surface area contributed by atoms with Crippen molar-refractivity contribution in [3.8, 4) is 29.7 Å². The normalized spacial score (nSPS) is 13.6. The Morgan fingerprint density at radius 3 is 2.70 bits per heavy atom. The molecule has 9 rings (SSSR count). The number of furan rings is 1. The molecule has 0 N–H and O–H groups in total. The summed E-state index contributed by atoms with van der Waals surface area (Å²) in [7, 11) is 0. The van der Waals surface area contributed by atoms with Crippen molar-refractivity contribution < 1.29 is 4.42 Å². The third-order valence-corrected chi connectivity index (χ3v) is 9.95. The van der Waals surface area contributed by atoms with Gasteiger partial charge in [0.15, 0.2) is 0 Å². The minimum atomic E-state index is 0.449. The number of nitrogens with zero attached hydrogens (tertiary/aromatic N) is 3. The summed E-state index contributed by atoms with van der Waals surface area (Å²) < 4.78 is 11.1. The number of thiophene rings is 1. The standard InChI is InChI=1S/C39H21N3OS/c40-21-23-15-17-34-29(19-23)30-20-24(7-6-13-33(30)43-34)37-25(22-41)8-5-12-32(37)42-31-11-3-1-9-26(31)27-16-18-36-38(39(27)42)28-10-2-4-14-35(28)44-36/h1-2,4-5,8-10,12,14-20H,3,11,13H2. The predicted octanol–water partition coefficient (Wildman–Crippen LogP) is 9.55. The van der Waals surface area contributed by atoms with Crippen LogP contribution in [0.4, 0.5) is 0 Å². The molecular weight excluding hydrogens is 559 g/mol. The van der Waals surface area contributed by atoms with Crippen molar-refractivity contribution in [1.29, 1.82) is 10.5 Å². The zero-order valence-corrected chi connectivity index (χ0v) is 24.3. The van der Waals surface area contributed by atoms with Gasteiger partial charge < -0.3 is 8.98 Å². The first-order chi connectivity index (χ1) is 21.7. The third-order valence-electron chi connectivity index (χ3n) is 8.81. The number of fused-ring (bicyclic) bond motifs is 10. The van der Waals surface area contributed by atoms with E-state index in [2.05, 4.69) is 89.2 Å². The lowest BCUT2D eigenvalue weighted by molar-refractivity contribution is 0.567. The van der Waals surface area contributed by atoms with Crippen LogP contribution in [0.5, 0.6) is 0 Å². The number of rotatable bonds is 2. The van der Waals surface area contributed by atoms with Crippen LogP contribution < -0.4 is 0 Å². The molecule has 0 radical (unpaired) electrons. The summed E-state index contributed by atoms with van der Waals surface area (Å²) in [6, 6.07) is 29.3. The first-order valence-electron chi connectivity index (χ1n) is 14.6. The Kier molecular flexibility index (Phi) is 5.26. The lowest BCUT2D eigenvalue weighted by Gasteiger charge is -2.18. The van der Waals surface area contributed by atoms with Gasteiger partial charge in [-0.2, -0.15) is 10.5 Å². The van der Waals surface area contributed by atoms with Gasteiger partial charge >= 0.3 is 0 Å². The Morgan fingerprint density at radius 2 is 1.80 bits per heavy atom. The summed E-state index contributed by atoms with van der Waals surface area (Å²) in [6.07, 6.45) is 8.87. The predicted molar refractivity (Wildman–Crippen MR) is 179 cm³/mol. The summed E-state index contributed by atoms with van der Waals surface area (Å²) >= 11 is 1.82. The molecule has 0 saturated heterocycles. The van der Waals surface area contributed by atoms with Crippen LogP contribution in [0.2, 0.25) is 0 Å². The molecule has 5 heteroatoms. The molecule has 0 saturated carbocycles. The van der Waals surface area contributed by atoms with Crippen molar-refractivity contribution in [2.75, 3.05) is 0 Å². The molecular formula is C39H21N3OS. The van der Waals surface area contributed by atoms with E-state index < -0.39 is 0 Å². The summed E-state index contributed by atoms with van der Waals surface area (Å²) in [4.78, 5) is 0. The van der Waals surface area contributed by atoms with E-state index in [0.29, 0.717) is 17.5 Å². The van der Waals surface area contributed by atoms with Crippen LogP contribution in [0.3, 0.4) is 0 Å². The smallest absolute Gasteiger partial charge is 0.135 e. The highest BCUT2D eigenvalue weighted by molar-refractivity contribution is 7.26. The fraction of sp³-hybridized carbons (Fsp3) is 0.0769. The fourth-order valence-corrected chi connectivity index (χ4v) is 8.05. The van der Waals surface area contributed by atoms with E-state index in [-0.39, 0.29) is 0 Å². The number of nitriles is 2. The zero-order valence-electron chi connectivity index (χ0n) is 23.4. The van der Waals surface area contributed by atoms with Crippen molar-refractivity contribution >= 4 is 71.1 Å². The van der Waals surface area contributed by atoms with Crippen LogP contribution in [-0.4, -0.2) is 4.57 Å². The zero-order chi connectivity index (χ0) is 29.4. The molecule has 2 aliphatic rings. The molecule has 7 aromatic rings. The molecule has 0 spiro atoms. The molecule has 44 heavy (non-hydrogen) atoms. The fourth-order valence-electron chi connectivity index (χ4n) is 6.94. The number of hydrogen-bond donors (Lipinski definition) is 0. The quantitative estimate of drug-likeness (QED) is 0.192. The van der Waals surface area contributed by atoms with Gasteiger partial charge in [-0.05, 0) is 61.4 Å². The molecule has 4 aromatic carbocycles. The van der Waals surface area contributed by atoms with Gasteiger partial charge in [0.1, 0.15) is 11.3 Å². The summed E-state index contributed by atoms with van der Waals surface area (Å²) in [5, 5.41) is 24.6. The highest BCUT2D eigenvalue weighted by Crippen LogP contribution is 2.45. The maximum absolute atomic E-state index is 10.5. The van der Waals surface area contributed by atoms with Crippen molar-refractivity contribution in [3.63, 3.8) is 0 Å². The van der Waals surface area contributed by atoms with Gasteiger partial charge in [0, 0.05) is 58.9 Å². The van der Waals surface area contributed by atoms with Gasteiger partial charge in [0.05, 0.1) is 40.9 Å². The van der Waals surface area contributed by atoms with Crippen molar-refractivity contribution in [3.05, 3.63) is 118 Å². The molecule has 0 bridgehead atoms. The lowest BCUT2D eigenvalue weighted by atomic mass is 9.95. The van der Waals surface area contributed by atoms with Gasteiger partial charge in [-0.1, -0.05) is 54.3 Å². The molecule has 2 aliphatic carbocycles. The van der Waals surface area contributed by atoms with E-state index in [1.165, 1.54) is 42.3 Å². The van der Waals surface area contributed by atoms with Gasteiger partial charge in [-0.3, -0.25) is 0 Å². The summed E-state index contributed by atoms with van der Waals surface area (Å²) in [5.74, 6) is 7.48. The molecule has 204 valence electrons. The molecule has 3 heterocycles. The SMILES string of the molecule is N#Cc1ccc2oc3c(c2c1)C=C(c1c(C#N)cccc1-n1c2c(c4ccc5sc6ccccc6c5c41)C=CCC2)C#CC3. The highest BCUT2D eigenvalue weighted by Gasteiger charge is 2.26. The van der Waals surface area contributed by atoms with E-state index in [0.717, 1.165) is 52.0 Å². The average molecular weight is 580 g/mol. The van der Waals surface area contributed by atoms with Gasteiger partial charge in [-0.15, -0.1) is 11.3 Å². The first-order valence-corrected chi connectivity index (χ1v) is 15.4. The Morgan fingerprint density at radius 1 is 0.864 bits per heavy atom. The van der Waals surface area contributed by atoms with Gasteiger partial charge in [0.25, 0.3) is 0 Å². The maximum atomic E-state index is 10.5. The topological polar surface area (TPSA) is 65.7 Å². The number of benzene rings is 4. The van der Waals surface area contributed by atoms with E-state index in [4.69, 9.17) is 4.42 Å².